The van der Waals surface area contributed by atoms with Crippen LogP contribution in [0.4, 0.5) is 0 Å². The fourth-order valence-electron chi connectivity index (χ4n) is 1.69. The van der Waals surface area contributed by atoms with Crippen LogP contribution in [0.1, 0.15) is 19.4 Å². The lowest BCUT2D eigenvalue weighted by Crippen LogP contribution is -2.46. The second-order valence-electron chi connectivity index (χ2n) is 5.01. The predicted molar refractivity (Wildman–Crippen MR) is 88.2 cm³/mol. The molecule has 0 unspecified atom stereocenters. The summed E-state index contributed by atoms with van der Waals surface area (Å²) in [5.74, 6) is 0.982. The molecule has 0 spiro atoms. The molecule has 1 aromatic rings. The summed E-state index contributed by atoms with van der Waals surface area (Å²) < 4.78 is 10.8. The van der Waals surface area contributed by atoms with Crippen molar-refractivity contribution in [2.24, 2.45) is 5.73 Å². The molecule has 1 aromatic carbocycles. The number of hydrogen-bond donors (Lipinski definition) is 2. The van der Waals surface area contributed by atoms with Gasteiger partial charge < -0.3 is 20.3 Å². The van der Waals surface area contributed by atoms with Crippen molar-refractivity contribution in [2.45, 2.75) is 30.4 Å². The topological polar surface area (TPSA) is 81.8 Å². The lowest BCUT2D eigenvalue weighted by atomic mass is 10.1. The Kier molecular flexibility index (Phi) is 6.37. The van der Waals surface area contributed by atoms with Crippen LogP contribution in [-0.2, 0) is 10.5 Å². The molecule has 5 nitrogen and oxygen atoms in total. The third-order valence-corrected chi connectivity index (χ3v) is 5.24. The summed E-state index contributed by atoms with van der Waals surface area (Å²) >= 11 is 4.87. The highest BCUT2D eigenvalue weighted by molar-refractivity contribution is 9.10. The number of halogens is 1. The number of aliphatic carboxylic acids is 1. The van der Waals surface area contributed by atoms with Gasteiger partial charge in [-0.25, -0.2) is 0 Å². The second-order valence-corrected chi connectivity index (χ2v) is 7.49. The second kappa shape index (κ2) is 7.38. The van der Waals surface area contributed by atoms with E-state index in [4.69, 9.17) is 20.3 Å². The molecule has 0 amide bonds. The van der Waals surface area contributed by atoms with E-state index in [1.54, 1.807) is 14.2 Å². The molecule has 118 valence electrons. The van der Waals surface area contributed by atoms with Crippen LogP contribution in [0, 0.1) is 0 Å². The van der Waals surface area contributed by atoms with Gasteiger partial charge in [0, 0.05) is 16.1 Å². The highest BCUT2D eigenvalue weighted by Crippen LogP contribution is 2.38. The Labute approximate surface area is 137 Å². The highest BCUT2D eigenvalue weighted by atomic mass is 79.9. The van der Waals surface area contributed by atoms with E-state index in [1.165, 1.54) is 11.8 Å². The number of ether oxygens (including phenoxy) is 2. The van der Waals surface area contributed by atoms with Crippen molar-refractivity contribution in [3.63, 3.8) is 0 Å². The first kappa shape index (κ1) is 18.1. The number of carboxylic acids is 1. The van der Waals surface area contributed by atoms with Crippen LogP contribution in [0.2, 0.25) is 0 Å². The smallest absolute Gasteiger partial charge is 0.321 e. The Morgan fingerprint density at radius 1 is 1.38 bits per heavy atom. The van der Waals surface area contributed by atoms with Gasteiger partial charge in [0.05, 0.1) is 18.7 Å². The predicted octanol–water partition coefficient (Wildman–Crippen LogP) is 2.89. The van der Waals surface area contributed by atoms with E-state index in [0.29, 0.717) is 11.5 Å². The molecule has 0 saturated heterocycles. The van der Waals surface area contributed by atoms with Gasteiger partial charge in [-0.05, 0) is 41.9 Å². The Balaban J connectivity index is 2.95. The molecular formula is C14H20BrNO4S. The molecule has 7 heteroatoms. The molecule has 21 heavy (non-hydrogen) atoms. The normalized spacial score (nSPS) is 12.9. The van der Waals surface area contributed by atoms with Gasteiger partial charge in [0.1, 0.15) is 17.5 Å². The van der Waals surface area contributed by atoms with Gasteiger partial charge in [0.25, 0.3) is 0 Å². The summed E-state index contributed by atoms with van der Waals surface area (Å²) in [4.78, 5) is 11.0. The molecule has 0 radical (unpaired) electrons. The number of benzene rings is 1. The molecule has 0 aliphatic carbocycles. The zero-order valence-electron chi connectivity index (χ0n) is 12.5. The molecule has 0 saturated carbocycles. The fraction of sp³-hybridized carbons (Fsp3) is 0.500. The van der Waals surface area contributed by atoms with E-state index in [2.05, 4.69) is 15.9 Å². The van der Waals surface area contributed by atoms with Crippen molar-refractivity contribution < 1.29 is 19.4 Å². The van der Waals surface area contributed by atoms with Crippen molar-refractivity contribution in [1.82, 2.24) is 0 Å². The summed E-state index contributed by atoms with van der Waals surface area (Å²) in [5, 5.41) is 9.04. The quantitative estimate of drug-likeness (QED) is 0.759. The van der Waals surface area contributed by atoms with Crippen molar-refractivity contribution in [2.75, 3.05) is 14.2 Å². The summed E-state index contributed by atoms with van der Waals surface area (Å²) in [7, 11) is 3.18. The lowest BCUT2D eigenvalue weighted by molar-refractivity contribution is -0.139. The van der Waals surface area contributed by atoms with Crippen LogP contribution in [0.5, 0.6) is 11.5 Å². The summed E-state index contributed by atoms with van der Waals surface area (Å²) in [5.41, 5.74) is 6.65. The van der Waals surface area contributed by atoms with Gasteiger partial charge in [-0.15, -0.1) is 11.8 Å². The van der Waals surface area contributed by atoms with Crippen molar-refractivity contribution in [1.29, 1.82) is 0 Å². The summed E-state index contributed by atoms with van der Waals surface area (Å²) in [6, 6.07) is 2.77. The molecule has 1 rings (SSSR count). The zero-order valence-corrected chi connectivity index (χ0v) is 14.9. The average molecular weight is 378 g/mol. The summed E-state index contributed by atoms with van der Waals surface area (Å²) in [6.45, 7) is 3.64. The van der Waals surface area contributed by atoms with Gasteiger partial charge in [0.15, 0.2) is 0 Å². The SMILES string of the molecule is COc1cc(CSC(C)(C)[C@@H](N)C(=O)O)c(OC)cc1Br. The van der Waals surface area contributed by atoms with E-state index in [1.807, 2.05) is 26.0 Å². The van der Waals surface area contributed by atoms with Gasteiger partial charge in [0.2, 0.25) is 0 Å². The number of hydrogen-bond acceptors (Lipinski definition) is 5. The van der Waals surface area contributed by atoms with Crippen LogP contribution in [-0.4, -0.2) is 36.1 Å². The third kappa shape index (κ3) is 4.52. The summed E-state index contributed by atoms with van der Waals surface area (Å²) in [6.07, 6.45) is 0. The average Bonchev–Trinajstić information content (AvgIpc) is 2.44. The van der Waals surface area contributed by atoms with E-state index in [9.17, 15) is 4.79 Å². The minimum absolute atomic E-state index is 0.570. The third-order valence-electron chi connectivity index (χ3n) is 3.17. The maximum Gasteiger partial charge on any atom is 0.321 e. The molecule has 0 aliphatic heterocycles. The number of methoxy groups -OCH3 is 2. The zero-order chi connectivity index (χ0) is 16.2. The minimum atomic E-state index is -1.01. The first-order valence-corrected chi connectivity index (χ1v) is 8.03. The van der Waals surface area contributed by atoms with Crippen molar-refractivity contribution in [3.8, 4) is 11.5 Å². The fourth-order valence-corrected chi connectivity index (χ4v) is 3.21. The molecular weight excluding hydrogens is 358 g/mol. The highest BCUT2D eigenvalue weighted by Gasteiger charge is 2.32. The minimum Gasteiger partial charge on any atom is -0.496 e. The van der Waals surface area contributed by atoms with Crippen LogP contribution in [0.15, 0.2) is 16.6 Å². The van der Waals surface area contributed by atoms with Gasteiger partial charge in [-0.2, -0.15) is 0 Å². The van der Waals surface area contributed by atoms with Crippen LogP contribution >= 0.6 is 27.7 Å². The number of thioether (sulfide) groups is 1. The standard InChI is InChI=1S/C14H20BrNO4S/c1-14(2,12(16)13(17)18)21-7-8-5-11(20-4)9(15)6-10(8)19-3/h5-6,12H,7,16H2,1-4H3,(H,17,18)/t12-/m0/s1. The first-order valence-electron chi connectivity index (χ1n) is 6.25. The number of carboxylic acid groups (broad SMARTS) is 1. The number of nitrogens with two attached hydrogens (primary N) is 1. The van der Waals surface area contributed by atoms with E-state index in [0.717, 1.165) is 15.8 Å². The van der Waals surface area contributed by atoms with Crippen LogP contribution in [0.3, 0.4) is 0 Å². The number of carbonyl (C=O) groups is 1. The van der Waals surface area contributed by atoms with E-state index < -0.39 is 16.8 Å². The molecule has 0 aliphatic rings. The van der Waals surface area contributed by atoms with Crippen molar-refractivity contribution >= 4 is 33.7 Å². The van der Waals surface area contributed by atoms with Gasteiger partial charge in [-0.3, -0.25) is 4.79 Å². The maximum atomic E-state index is 11.0. The molecule has 0 fully saturated rings. The Morgan fingerprint density at radius 2 is 1.95 bits per heavy atom. The lowest BCUT2D eigenvalue weighted by Gasteiger charge is -2.28. The van der Waals surface area contributed by atoms with E-state index in [-0.39, 0.29) is 0 Å². The van der Waals surface area contributed by atoms with Crippen molar-refractivity contribution in [3.05, 3.63) is 22.2 Å². The monoisotopic (exact) mass is 377 g/mol. The van der Waals surface area contributed by atoms with Crippen LogP contribution < -0.4 is 15.2 Å². The maximum absolute atomic E-state index is 11.0. The molecule has 0 aromatic heterocycles. The molecule has 1 atom stereocenters. The molecule has 0 heterocycles. The first-order chi connectivity index (χ1) is 9.72. The molecule has 3 N–H and O–H groups in total. The Bertz CT molecular complexity index is 522. The Hall–Kier alpha value is -0.920. The number of rotatable bonds is 7. The largest absolute Gasteiger partial charge is 0.496 e. The van der Waals surface area contributed by atoms with Gasteiger partial charge in [-0.1, -0.05) is 0 Å². The van der Waals surface area contributed by atoms with Gasteiger partial charge >= 0.3 is 5.97 Å². The molecule has 0 bridgehead atoms. The Morgan fingerprint density at radius 3 is 2.43 bits per heavy atom. The van der Waals surface area contributed by atoms with Crippen LogP contribution in [0.25, 0.3) is 0 Å². The van der Waals surface area contributed by atoms with E-state index >= 15 is 0 Å².